The molecule has 1 amide bonds. The molecule has 0 fully saturated rings. The summed E-state index contributed by atoms with van der Waals surface area (Å²) < 4.78 is 0. The molecule has 0 saturated carbocycles. The van der Waals surface area contributed by atoms with Crippen molar-refractivity contribution < 1.29 is 4.79 Å². The lowest BCUT2D eigenvalue weighted by Gasteiger charge is -1.98. The van der Waals surface area contributed by atoms with Crippen molar-refractivity contribution in [3.63, 3.8) is 0 Å². The number of amides is 1. The van der Waals surface area contributed by atoms with Gasteiger partial charge >= 0.3 is 0 Å². The smallest absolute Gasteiger partial charge is 0.248 e. The lowest BCUT2D eigenvalue weighted by molar-refractivity contribution is 0.100. The van der Waals surface area contributed by atoms with Crippen LogP contribution in [0.15, 0.2) is 41.5 Å². The van der Waals surface area contributed by atoms with Crippen LogP contribution in [0, 0.1) is 0 Å². The Morgan fingerprint density at radius 2 is 2.20 bits per heavy atom. The number of hydrogen-bond acceptors (Lipinski definition) is 3. The molecule has 0 saturated heterocycles. The van der Waals surface area contributed by atoms with E-state index in [0.29, 0.717) is 5.56 Å². The Bertz CT molecular complexity index is 737. The molecule has 0 unspecified atom stereocenters. The number of benzene rings is 1. The molecule has 1 heterocycles. The van der Waals surface area contributed by atoms with Gasteiger partial charge < -0.3 is 5.73 Å². The average molecular weight is 268 g/mol. The summed E-state index contributed by atoms with van der Waals surface area (Å²) in [6, 6.07) is 5.21. The molecule has 5 heteroatoms. The highest BCUT2D eigenvalue weighted by molar-refractivity contribution is 6.00. The first-order valence-electron chi connectivity index (χ1n) is 6.14. The maximum atomic E-state index is 11.2. The molecule has 0 aliphatic rings. The number of carbonyl (C=O) groups is 1. The second-order valence-corrected chi connectivity index (χ2v) is 4.56. The summed E-state index contributed by atoms with van der Waals surface area (Å²) in [5.41, 5.74) is 9.06. The number of nitrogens with one attached hydrogen (secondary N) is 1. The summed E-state index contributed by atoms with van der Waals surface area (Å²) >= 11 is 0. The van der Waals surface area contributed by atoms with Crippen molar-refractivity contribution in [3.8, 4) is 0 Å². The van der Waals surface area contributed by atoms with E-state index in [2.05, 4.69) is 21.8 Å². The molecule has 2 aromatic rings. The van der Waals surface area contributed by atoms with Crippen LogP contribution in [-0.4, -0.2) is 22.3 Å². The fraction of sp³-hybridized carbons (Fsp3) is 0.133. The molecule has 2 rings (SSSR count). The third kappa shape index (κ3) is 2.83. The van der Waals surface area contributed by atoms with Gasteiger partial charge in [-0.3, -0.25) is 14.9 Å². The van der Waals surface area contributed by atoms with E-state index in [0.717, 1.165) is 27.9 Å². The van der Waals surface area contributed by atoms with Crippen molar-refractivity contribution >= 4 is 28.6 Å². The van der Waals surface area contributed by atoms with E-state index in [-0.39, 0.29) is 0 Å². The van der Waals surface area contributed by atoms with Crippen molar-refractivity contribution in [1.29, 1.82) is 0 Å². The van der Waals surface area contributed by atoms with Crippen LogP contribution in [-0.2, 0) is 0 Å². The van der Waals surface area contributed by atoms with Crippen LogP contribution >= 0.6 is 0 Å². The topological polar surface area (TPSA) is 84.1 Å². The first-order chi connectivity index (χ1) is 9.49. The first kappa shape index (κ1) is 13.7. The second kappa shape index (κ2) is 5.52. The van der Waals surface area contributed by atoms with E-state index in [4.69, 9.17) is 5.73 Å². The number of hydrogen-bond donors (Lipinski definition) is 2. The minimum Gasteiger partial charge on any atom is -0.366 e. The molecule has 5 nitrogen and oxygen atoms in total. The van der Waals surface area contributed by atoms with Gasteiger partial charge in [-0.1, -0.05) is 6.58 Å². The number of carbonyl (C=O) groups excluding carboxylic acids is 1. The number of H-pyrrole nitrogens is 1. The number of aromatic nitrogens is 2. The maximum Gasteiger partial charge on any atom is 0.248 e. The van der Waals surface area contributed by atoms with Gasteiger partial charge in [0.25, 0.3) is 0 Å². The van der Waals surface area contributed by atoms with Crippen molar-refractivity contribution in [2.24, 2.45) is 10.7 Å². The third-order valence-electron chi connectivity index (χ3n) is 2.84. The Labute approximate surface area is 116 Å². The number of allylic oxidation sites excluding steroid dienone is 3. The zero-order chi connectivity index (χ0) is 14.7. The first-order valence-corrected chi connectivity index (χ1v) is 6.14. The zero-order valence-corrected chi connectivity index (χ0v) is 11.5. The summed E-state index contributed by atoms with van der Waals surface area (Å²) in [6.07, 6.45) is 3.53. The van der Waals surface area contributed by atoms with Crippen LogP contribution in [0.2, 0.25) is 0 Å². The summed E-state index contributed by atoms with van der Waals surface area (Å²) in [5, 5.41) is 8.05. The Balaban J connectivity index is 2.46. The standard InChI is InChI=1S/C15H16N4O/c1-9(2)17-7-6-10(3)14-12-8-11(15(16)20)4-5-13(12)18-19-14/h4-8H,1H2,2-3H3,(H2,16,20)(H,18,19)/b10-6+,17-7?. The predicted molar refractivity (Wildman–Crippen MR) is 81.6 cm³/mol. The van der Waals surface area contributed by atoms with Crippen molar-refractivity contribution in [2.45, 2.75) is 13.8 Å². The summed E-state index contributed by atoms with van der Waals surface area (Å²) in [6.45, 7) is 7.45. The molecule has 1 aromatic carbocycles. The van der Waals surface area contributed by atoms with Crippen LogP contribution in [0.25, 0.3) is 16.5 Å². The number of primary amides is 1. The second-order valence-electron chi connectivity index (χ2n) is 4.56. The summed E-state index contributed by atoms with van der Waals surface area (Å²) in [5.74, 6) is -0.454. The monoisotopic (exact) mass is 268 g/mol. The van der Waals surface area contributed by atoms with Crippen LogP contribution in [0.1, 0.15) is 29.9 Å². The Morgan fingerprint density at radius 3 is 2.85 bits per heavy atom. The van der Waals surface area contributed by atoms with Crippen LogP contribution < -0.4 is 5.73 Å². The normalized spacial score (nSPS) is 12.2. The molecular weight excluding hydrogens is 252 g/mol. The molecular formula is C15H16N4O. The Morgan fingerprint density at radius 1 is 1.45 bits per heavy atom. The number of nitrogens with zero attached hydrogens (tertiary/aromatic N) is 2. The van der Waals surface area contributed by atoms with Gasteiger partial charge in [-0.2, -0.15) is 5.10 Å². The van der Waals surface area contributed by atoms with Gasteiger partial charge in [0.15, 0.2) is 0 Å². The molecule has 0 bridgehead atoms. The summed E-state index contributed by atoms with van der Waals surface area (Å²) in [7, 11) is 0. The van der Waals surface area contributed by atoms with Crippen LogP contribution in [0.3, 0.4) is 0 Å². The minimum atomic E-state index is -0.454. The van der Waals surface area contributed by atoms with Gasteiger partial charge in [-0.15, -0.1) is 0 Å². The third-order valence-corrected chi connectivity index (χ3v) is 2.84. The van der Waals surface area contributed by atoms with E-state index in [9.17, 15) is 4.79 Å². The quantitative estimate of drug-likeness (QED) is 0.835. The summed E-state index contributed by atoms with van der Waals surface area (Å²) in [4.78, 5) is 15.3. The lowest BCUT2D eigenvalue weighted by atomic mass is 10.1. The molecule has 102 valence electrons. The molecule has 0 atom stereocenters. The number of rotatable bonds is 4. The fourth-order valence-electron chi connectivity index (χ4n) is 1.82. The van der Waals surface area contributed by atoms with Gasteiger partial charge in [0.1, 0.15) is 0 Å². The molecule has 20 heavy (non-hydrogen) atoms. The SMILES string of the molecule is C=C(C)N=C/C=C(\C)c1n[nH]c2ccc(C(N)=O)cc12. The van der Waals surface area contributed by atoms with E-state index in [1.807, 2.05) is 19.9 Å². The highest BCUT2D eigenvalue weighted by Crippen LogP contribution is 2.23. The van der Waals surface area contributed by atoms with Crippen molar-refractivity contribution in [1.82, 2.24) is 10.2 Å². The van der Waals surface area contributed by atoms with Gasteiger partial charge in [0.2, 0.25) is 5.91 Å². The van der Waals surface area contributed by atoms with E-state index < -0.39 is 5.91 Å². The van der Waals surface area contributed by atoms with E-state index in [1.54, 1.807) is 24.4 Å². The van der Waals surface area contributed by atoms with Gasteiger partial charge in [-0.05, 0) is 43.7 Å². The van der Waals surface area contributed by atoms with E-state index >= 15 is 0 Å². The largest absolute Gasteiger partial charge is 0.366 e. The molecule has 0 radical (unpaired) electrons. The Kier molecular flexibility index (Phi) is 3.79. The van der Waals surface area contributed by atoms with Crippen molar-refractivity contribution in [2.75, 3.05) is 0 Å². The zero-order valence-electron chi connectivity index (χ0n) is 11.5. The minimum absolute atomic E-state index is 0.454. The van der Waals surface area contributed by atoms with Gasteiger partial charge in [0.05, 0.1) is 11.2 Å². The Hall–Kier alpha value is -2.69. The molecule has 0 aliphatic heterocycles. The van der Waals surface area contributed by atoms with Gasteiger partial charge in [-0.25, -0.2) is 0 Å². The van der Waals surface area contributed by atoms with Crippen LogP contribution in [0.5, 0.6) is 0 Å². The molecule has 3 N–H and O–H groups in total. The van der Waals surface area contributed by atoms with Crippen LogP contribution in [0.4, 0.5) is 0 Å². The lowest BCUT2D eigenvalue weighted by Crippen LogP contribution is -2.10. The highest BCUT2D eigenvalue weighted by Gasteiger charge is 2.09. The number of aliphatic imine (C=N–C) groups is 1. The molecule has 0 spiro atoms. The molecule has 0 aliphatic carbocycles. The predicted octanol–water partition coefficient (Wildman–Crippen LogP) is 2.67. The number of aromatic amines is 1. The average Bonchev–Trinajstić information content (AvgIpc) is 2.80. The van der Waals surface area contributed by atoms with Gasteiger partial charge in [0, 0.05) is 22.9 Å². The van der Waals surface area contributed by atoms with E-state index in [1.165, 1.54) is 0 Å². The number of nitrogens with two attached hydrogens (primary N) is 1. The number of fused-ring (bicyclic) bond motifs is 1. The molecule has 1 aromatic heterocycles. The highest BCUT2D eigenvalue weighted by atomic mass is 16.1. The fourth-order valence-corrected chi connectivity index (χ4v) is 1.82. The van der Waals surface area contributed by atoms with Crippen molar-refractivity contribution in [3.05, 3.63) is 47.8 Å². The maximum absolute atomic E-state index is 11.2.